The van der Waals surface area contributed by atoms with Gasteiger partial charge >= 0.3 is 5.97 Å². The first-order valence-electron chi connectivity index (χ1n) is 10.2. The Morgan fingerprint density at radius 1 is 1.09 bits per heavy atom. The molecule has 2 N–H and O–H groups in total. The quantitative estimate of drug-likeness (QED) is 0.342. The van der Waals surface area contributed by atoms with Gasteiger partial charge in [-0.1, -0.05) is 41.4 Å². The minimum Gasteiger partial charge on any atom is -0.466 e. The van der Waals surface area contributed by atoms with E-state index >= 15 is 0 Å². The van der Waals surface area contributed by atoms with E-state index in [2.05, 4.69) is 15.7 Å². The molecule has 0 aliphatic carbocycles. The number of rotatable bonds is 9. The molecule has 3 rings (SSSR count). The molecule has 0 aliphatic heterocycles. The zero-order chi connectivity index (χ0) is 23.1. The highest BCUT2D eigenvalue weighted by Crippen LogP contribution is 2.29. The van der Waals surface area contributed by atoms with E-state index in [1.54, 1.807) is 29.8 Å². The second-order valence-corrected chi connectivity index (χ2v) is 7.88. The molecule has 0 unspecified atom stereocenters. The Morgan fingerprint density at radius 3 is 2.50 bits per heavy atom. The maximum absolute atomic E-state index is 11.7. The summed E-state index contributed by atoms with van der Waals surface area (Å²) in [6.45, 7) is 4.65. The van der Waals surface area contributed by atoms with Crippen LogP contribution in [0.15, 0.2) is 48.5 Å². The number of nitrogens with zero attached hydrogens (tertiary/aromatic N) is 2. The van der Waals surface area contributed by atoms with Crippen molar-refractivity contribution in [3.05, 3.63) is 64.1 Å². The molecule has 0 radical (unpaired) electrons. The predicted molar refractivity (Wildman–Crippen MR) is 126 cm³/mol. The zero-order valence-electron chi connectivity index (χ0n) is 17.8. The third-order valence-corrected chi connectivity index (χ3v) is 5.09. The van der Waals surface area contributed by atoms with Crippen molar-refractivity contribution in [2.24, 2.45) is 0 Å². The van der Waals surface area contributed by atoms with Gasteiger partial charge < -0.3 is 15.4 Å². The summed E-state index contributed by atoms with van der Waals surface area (Å²) in [5.74, 6) is 0.0612. The molecule has 32 heavy (non-hydrogen) atoms. The van der Waals surface area contributed by atoms with Gasteiger partial charge in [-0.25, -0.2) is 4.68 Å². The van der Waals surface area contributed by atoms with E-state index in [1.165, 1.54) is 6.92 Å². The Bertz CT molecular complexity index is 1100. The van der Waals surface area contributed by atoms with Gasteiger partial charge in [-0.2, -0.15) is 5.10 Å². The molecule has 7 nitrogen and oxygen atoms in total. The molecule has 0 bridgehead atoms. The first-order valence-corrected chi connectivity index (χ1v) is 10.9. The first-order chi connectivity index (χ1) is 15.4. The fourth-order valence-electron chi connectivity index (χ4n) is 3.08. The van der Waals surface area contributed by atoms with Crippen LogP contribution < -0.4 is 10.6 Å². The zero-order valence-corrected chi connectivity index (χ0v) is 19.3. The number of amides is 1. The van der Waals surface area contributed by atoms with Gasteiger partial charge in [-0.15, -0.1) is 0 Å². The minimum absolute atomic E-state index is 0.215. The SMILES string of the molecule is CCOC(=O)CCNCc1ccc(-n2nc(-c3ccc(Cl)cc3)cc2NC(C)=O)c(Cl)c1. The topological polar surface area (TPSA) is 85.2 Å². The first kappa shape index (κ1) is 23.8. The summed E-state index contributed by atoms with van der Waals surface area (Å²) in [7, 11) is 0. The molecule has 0 saturated heterocycles. The van der Waals surface area contributed by atoms with Crippen LogP contribution in [0.1, 0.15) is 25.8 Å². The molecule has 168 valence electrons. The summed E-state index contributed by atoms with van der Waals surface area (Å²) < 4.78 is 6.51. The molecule has 3 aromatic rings. The van der Waals surface area contributed by atoms with Crippen LogP contribution in [0, 0.1) is 0 Å². The minimum atomic E-state index is -0.228. The Hall–Kier alpha value is -2.87. The van der Waals surface area contributed by atoms with Gasteiger partial charge in [0.25, 0.3) is 0 Å². The van der Waals surface area contributed by atoms with Crippen LogP contribution in [-0.2, 0) is 20.9 Å². The van der Waals surface area contributed by atoms with E-state index < -0.39 is 0 Å². The molecule has 9 heteroatoms. The van der Waals surface area contributed by atoms with Crippen molar-refractivity contribution in [1.29, 1.82) is 0 Å². The van der Waals surface area contributed by atoms with Crippen LogP contribution in [0.3, 0.4) is 0 Å². The van der Waals surface area contributed by atoms with Crippen molar-refractivity contribution < 1.29 is 14.3 Å². The van der Waals surface area contributed by atoms with E-state index in [0.717, 1.165) is 11.1 Å². The Morgan fingerprint density at radius 2 is 1.84 bits per heavy atom. The smallest absolute Gasteiger partial charge is 0.307 e. The summed E-state index contributed by atoms with van der Waals surface area (Å²) in [6.07, 6.45) is 0.306. The second kappa shape index (κ2) is 11.1. The molecule has 0 fully saturated rings. The van der Waals surface area contributed by atoms with E-state index in [-0.39, 0.29) is 11.9 Å². The number of benzene rings is 2. The van der Waals surface area contributed by atoms with Crippen LogP contribution in [0.4, 0.5) is 5.82 Å². The molecule has 1 amide bonds. The third kappa shape index (κ3) is 6.32. The monoisotopic (exact) mass is 474 g/mol. The molecule has 0 atom stereocenters. The number of halogens is 2. The van der Waals surface area contributed by atoms with E-state index in [9.17, 15) is 9.59 Å². The maximum atomic E-state index is 11.7. The number of anilines is 1. The number of esters is 1. The van der Waals surface area contributed by atoms with Crippen molar-refractivity contribution in [3.8, 4) is 16.9 Å². The lowest BCUT2D eigenvalue weighted by Crippen LogP contribution is -2.19. The van der Waals surface area contributed by atoms with E-state index in [4.69, 9.17) is 27.9 Å². The highest BCUT2D eigenvalue weighted by atomic mass is 35.5. The van der Waals surface area contributed by atoms with Crippen molar-refractivity contribution in [2.75, 3.05) is 18.5 Å². The Labute approximate surface area is 196 Å². The van der Waals surface area contributed by atoms with Crippen LogP contribution in [-0.4, -0.2) is 34.8 Å². The largest absolute Gasteiger partial charge is 0.466 e. The van der Waals surface area contributed by atoms with Crippen molar-refractivity contribution in [1.82, 2.24) is 15.1 Å². The number of nitrogens with one attached hydrogen (secondary N) is 2. The lowest BCUT2D eigenvalue weighted by atomic mass is 10.1. The normalized spacial score (nSPS) is 10.8. The average Bonchev–Trinajstić information content (AvgIpc) is 3.15. The van der Waals surface area contributed by atoms with Gasteiger partial charge in [0.2, 0.25) is 5.91 Å². The molecule has 2 aromatic carbocycles. The highest BCUT2D eigenvalue weighted by Gasteiger charge is 2.15. The molecule has 0 spiro atoms. The van der Waals surface area contributed by atoms with Gasteiger partial charge in [-0.3, -0.25) is 9.59 Å². The predicted octanol–water partition coefficient (Wildman–Crippen LogP) is 4.85. The van der Waals surface area contributed by atoms with Crippen molar-refractivity contribution in [3.63, 3.8) is 0 Å². The lowest BCUT2D eigenvalue weighted by molar-refractivity contribution is -0.143. The van der Waals surface area contributed by atoms with Crippen LogP contribution >= 0.6 is 23.2 Å². The van der Waals surface area contributed by atoms with Gasteiger partial charge in [0, 0.05) is 36.7 Å². The van der Waals surface area contributed by atoms with Crippen molar-refractivity contribution in [2.45, 2.75) is 26.8 Å². The third-order valence-electron chi connectivity index (χ3n) is 4.53. The van der Waals surface area contributed by atoms with Crippen LogP contribution in [0.25, 0.3) is 16.9 Å². The van der Waals surface area contributed by atoms with Gasteiger partial charge in [0.1, 0.15) is 5.82 Å². The van der Waals surface area contributed by atoms with Crippen LogP contribution in [0.2, 0.25) is 10.0 Å². The lowest BCUT2D eigenvalue weighted by Gasteiger charge is -2.11. The number of carbonyl (C=O) groups excluding carboxylic acids is 2. The second-order valence-electron chi connectivity index (χ2n) is 7.03. The molecule has 0 aliphatic rings. The summed E-state index contributed by atoms with van der Waals surface area (Å²) in [5.41, 5.74) is 3.11. The Kier molecular flexibility index (Phi) is 8.27. The Balaban J connectivity index is 1.79. The maximum Gasteiger partial charge on any atom is 0.307 e. The summed E-state index contributed by atoms with van der Waals surface area (Å²) in [5, 5.41) is 11.7. The summed E-state index contributed by atoms with van der Waals surface area (Å²) in [6, 6.07) is 14.7. The fourth-order valence-corrected chi connectivity index (χ4v) is 3.49. The highest BCUT2D eigenvalue weighted by molar-refractivity contribution is 6.32. The van der Waals surface area contributed by atoms with E-state index in [1.807, 2.05) is 30.3 Å². The number of aromatic nitrogens is 2. The number of ether oxygens (including phenoxy) is 1. The standard InChI is InChI=1S/C23H24Cl2N4O3/c1-3-32-23(31)10-11-26-14-16-4-9-21(19(25)12-16)29-22(27-15(2)30)13-20(28-29)17-5-7-18(24)8-6-17/h4-9,12-13,26H,3,10-11,14H2,1-2H3,(H,27,30). The summed E-state index contributed by atoms with van der Waals surface area (Å²) >= 11 is 12.5. The molecular weight excluding hydrogens is 451 g/mol. The molecule has 1 heterocycles. The van der Waals surface area contributed by atoms with E-state index in [0.29, 0.717) is 53.4 Å². The van der Waals surface area contributed by atoms with Gasteiger partial charge in [-0.05, 0) is 36.8 Å². The summed E-state index contributed by atoms with van der Waals surface area (Å²) in [4.78, 5) is 23.1. The molecule has 1 aromatic heterocycles. The number of hydrogen-bond acceptors (Lipinski definition) is 5. The van der Waals surface area contributed by atoms with Gasteiger partial charge in [0.05, 0.1) is 29.4 Å². The van der Waals surface area contributed by atoms with Crippen molar-refractivity contribution >= 4 is 40.9 Å². The number of hydrogen-bond donors (Lipinski definition) is 2. The molecule has 0 saturated carbocycles. The fraction of sp³-hybridized carbons (Fsp3) is 0.261. The van der Waals surface area contributed by atoms with Crippen LogP contribution in [0.5, 0.6) is 0 Å². The molecular formula is C23H24Cl2N4O3. The average molecular weight is 475 g/mol. The number of carbonyl (C=O) groups is 2. The van der Waals surface area contributed by atoms with Gasteiger partial charge in [0.15, 0.2) is 0 Å².